The third-order valence-electron chi connectivity index (χ3n) is 2.55. The quantitative estimate of drug-likeness (QED) is 0.519. The molecule has 0 saturated carbocycles. The van der Waals surface area contributed by atoms with E-state index in [-0.39, 0.29) is 32.7 Å². The number of carboxylic acid groups (broad SMARTS) is 2. The minimum Gasteiger partial charge on any atom is -0.481 e. The molecule has 1 saturated heterocycles. The summed E-state index contributed by atoms with van der Waals surface area (Å²) in [6.07, 6.45) is -0.739. The van der Waals surface area contributed by atoms with Gasteiger partial charge in [-0.3, -0.25) is 9.59 Å². The Morgan fingerprint density at radius 2 is 1.84 bits per heavy atom. The van der Waals surface area contributed by atoms with Crippen molar-refractivity contribution in [3.8, 4) is 0 Å². The zero-order valence-electron chi connectivity index (χ0n) is 10.1. The number of rotatable bonds is 7. The third kappa shape index (κ3) is 5.11. The number of hydrogen-bond donors (Lipinski definition) is 3. The first-order valence-corrected chi connectivity index (χ1v) is 7.06. The highest BCUT2D eigenvalue weighted by molar-refractivity contribution is 7.87. The fourth-order valence-corrected chi connectivity index (χ4v) is 2.90. The molecule has 19 heavy (non-hydrogen) atoms. The van der Waals surface area contributed by atoms with Crippen LogP contribution in [0, 0.1) is 0 Å². The highest BCUT2D eigenvalue weighted by Gasteiger charge is 2.30. The van der Waals surface area contributed by atoms with Gasteiger partial charge in [-0.25, -0.2) is 0 Å². The van der Waals surface area contributed by atoms with Crippen molar-refractivity contribution in [1.29, 1.82) is 0 Å². The van der Waals surface area contributed by atoms with E-state index in [0.29, 0.717) is 0 Å². The molecule has 110 valence electrons. The van der Waals surface area contributed by atoms with Crippen molar-refractivity contribution >= 4 is 22.1 Å². The zero-order chi connectivity index (χ0) is 14.5. The van der Waals surface area contributed by atoms with Crippen LogP contribution < -0.4 is 4.72 Å². The highest BCUT2D eigenvalue weighted by Crippen LogP contribution is 2.06. The maximum atomic E-state index is 11.9. The number of carboxylic acids is 2. The van der Waals surface area contributed by atoms with Crippen molar-refractivity contribution in [2.24, 2.45) is 0 Å². The SMILES string of the molecule is O=C(O)CC[C@@H](NS(=O)(=O)N1CCOCC1)C(=O)O. The Bertz CT molecular complexity index is 430. The van der Waals surface area contributed by atoms with Crippen molar-refractivity contribution in [3.05, 3.63) is 0 Å². The number of ether oxygens (including phenoxy) is 1. The second kappa shape index (κ2) is 6.80. The van der Waals surface area contributed by atoms with Crippen LogP contribution in [0.15, 0.2) is 0 Å². The van der Waals surface area contributed by atoms with Gasteiger partial charge in [0.05, 0.1) is 13.2 Å². The largest absolute Gasteiger partial charge is 0.481 e. The van der Waals surface area contributed by atoms with E-state index in [0.717, 1.165) is 4.31 Å². The van der Waals surface area contributed by atoms with Crippen molar-refractivity contribution < 1.29 is 33.0 Å². The van der Waals surface area contributed by atoms with Crippen molar-refractivity contribution in [1.82, 2.24) is 9.03 Å². The smallest absolute Gasteiger partial charge is 0.321 e. The molecular formula is C9H16N2O7S. The Morgan fingerprint density at radius 3 is 2.32 bits per heavy atom. The lowest BCUT2D eigenvalue weighted by Gasteiger charge is -2.27. The second-order valence-electron chi connectivity index (χ2n) is 3.96. The molecule has 1 atom stereocenters. The van der Waals surface area contributed by atoms with E-state index < -0.39 is 34.6 Å². The van der Waals surface area contributed by atoms with E-state index in [1.165, 1.54) is 0 Å². The van der Waals surface area contributed by atoms with Gasteiger partial charge in [0, 0.05) is 19.5 Å². The fourth-order valence-electron chi connectivity index (χ4n) is 1.54. The number of aliphatic carboxylic acids is 2. The van der Waals surface area contributed by atoms with Crippen LogP contribution in [0.1, 0.15) is 12.8 Å². The Labute approximate surface area is 110 Å². The Balaban J connectivity index is 2.65. The zero-order valence-corrected chi connectivity index (χ0v) is 10.9. The maximum Gasteiger partial charge on any atom is 0.321 e. The Morgan fingerprint density at radius 1 is 1.26 bits per heavy atom. The summed E-state index contributed by atoms with van der Waals surface area (Å²) in [4.78, 5) is 21.3. The van der Waals surface area contributed by atoms with Gasteiger partial charge >= 0.3 is 11.9 Å². The van der Waals surface area contributed by atoms with Gasteiger partial charge in [0.2, 0.25) is 0 Å². The van der Waals surface area contributed by atoms with E-state index in [4.69, 9.17) is 14.9 Å². The predicted molar refractivity (Wildman–Crippen MR) is 62.7 cm³/mol. The van der Waals surface area contributed by atoms with Crippen LogP contribution in [-0.4, -0.2) is 67.2 Å². The molecule has 1 aliphatic heterocycles. The van der Waals surface area contributed by atoms with Gasteiger partial charge in [0.1, 0.15) is 6.04 Å². The van der Waals surface area contributed by atoms with Gasteiger partial charge in [-0.15, -0.1) is 0 Å². The maximum absolute atomic E-state index is 11.9. The minimum atomic E-state index is -3.95. The summed E-state index contributed by atoms with van der Waals surface area (Å²) in [6, 6.07) is -1.45. The topological polar surface area (TPSA) is 133 Å². The molecule has 1 fully saturated rings. The second-order valence-corrected chi connectivity index (χ2v) is 5.66. The van der Waals surface area contributed by atoms with Crippen LogP contribution in [0.4, 0.5) is 0 Å². The Hall–Kier alpha value is -1.23. The molecule has 1 heterocycles. The third-order valence-corrected chi connectivity index (χ3v) is 4.17. The molecule has 0 aromatic rings. The lowest BCUT2D eigenvalue weighted by Crippen LogP contribution is -2.51. The van der Waals surface area contributed by atoms with Crippen LogP contribution in [0.5, 0.6) is 0 Å². The lowest BCUT2D eigenvalue weighted by molar-refractivity contribution is -0.140. The Kier molecular flexibility index (Phi) is 5.66. The summed E-state index contributed by atoms with van der Waals surface area (Å²) in [5.74, 6) is -2.59. The number of morpholine rings is 1. The summed E-state index contributed by atoms with van der Waals surface area (Å²) in [5.41, 5.74) is 0. The normalized spacial score (nSPS) is 18.9. The molecule has 0 amide bonds. The molecule has 1 rings (SSSR count). The lowest BCUT2D eigenvalue weighted by atomic mass is 10.2. The average molecular weight is 296 g/mol. The van der Waals surface area contributed by atoms with Gasteiger partial charge < -0.3 is 14.9 Å². The van der Waals surface area contributed by atoms with Crippen LogP contribution in [0.2, 0.25) is 0 Å². The van der Waals surface area contributed by atoms with E-state index in [1.807, 2.05) is 4.72 Å². The monoisotopic (exact) mass is 296 g/mol. The average Bonchev–Trinajstić information content (AvgIpc) is 2.35. The molecule has 9 nitrogen and oxygen atoms in total. The fraction of sp³-hybridized carbons (Fsp3) is 0.778. The molecule has 0 aromatic heterocycles. The molecule has 0 unspecified atom stereocenters. The van der Waals surface area contributed by atoms with Gasteiger partial charge in [0.15, 0.2) is 0 Å². The summed E-state index contributed by atoms with van der Waals surface area (Å²) in [6.45, 7) is 0.767. The molecule has 0 aliphatic carbocycles. The summed E-state index contributed by atoms with van der Waals surface area (Å²) >= 11 is 0. The van der Waals surface area contributed by atoms with Crippen molar-refractivity contribution in [3.63, 3.8) is 0 Å². The van der Waals surface area contributed by atoms with E-state index in [1.54, 1.807) is 0 Å². The molecular weight excluding hydrogens is 280 g/mol. The van der Waals surface area contributed by atoms with Crippen molar-refractivity contribution in [2.45, 2.75) is 18.9 Å². The standard InChI is InChI=1S/C9H16N2O7S/c12-8(13)2-1-7(9(14)15)10-19(16,17)11-3-5-18-6-4-11/h7,10H,1-6H2,(H,12,13)(H,14,15)/t7-/m1/s1. The van der Waals surface area contributed by atoms with Crippen LogP contribution in [0.25, 0.3) is 0 Å². The molecule has 10 heteroatoms. The van der Waals surface area contributed by atoms with E-state index in [2.05, 4.69) is 0 Å². The van der Waals surface area contributed by atoms with Crippen LogP contribution >= 0.6 is 0 Å². The molecule has 1 aliphatic rings. The summed E-state index contributed by atoms with van der Waals surface area (Å²) in [5, 5.41) is 17.4. The van der Waals surface area contributed by atoms with Gasteiger partial charge in [-0.2, -0.15) is 17.4 Å². The van der Waals surface area contributed by atoms with Crippen molar-refractivity contribution in [2.75, 3.05) is 26.3 Å². The summed E-state index contributed by atoms with van der Waals surface area (Å²) in [7, 11) is -3.95. The first kappa shape index (κ1) is 15.8. The molecule has 0 aromatic carbocycles. The first-order chi connectivity index (χ1) is 8.83. The van der Waals surface area contributed by atoms with Crippen LogP contribution in [0.3, 0.4) is 0 Å². The number of nitrogens with zero attached hydrogens (tertiary/aromatic N) is 1. The number of nitrogens with one attached hydrogen (secondary N) is 1. The molecule has 0 bridgehead atoms. The van der Waals surface area contributed by atoms with Gasteiger partial charge in [0.25, 0.3) is 10.2 Å². The molecule has 0 spiro atoms. The van der Waals surface area contributed by atoms with Gasteiger partial charge in [-0.05, 0) is 6.42 Å². The van der Waals surface area contributed by atoms with E-state index >= 15 is 0 Å². The van der Waals surface area contributed by atoms with Gasteiger partial charge in [-0.1, -0.05) is 0 Å². The minimum absolute atomic E-state index is 0.139. The van der Waals surface area contributed by atoms with E-state index in [9.17, 15) is 18.0 Å². The predicted octanol–water partition coefficient (Wildman–Crippen LogP) is -1.53. The number of carbonyl (C=O) groups is 2. The summed E-state index contributed by atoms with van der Waals surface area (Å²) < 4.78 is 31.9. The first-order valence-electron chi connectivity index (χ1n) is 5.62. The molecule has 3 N–H and O–H groups in total. The van der Waals surface area contributed by atoms with Crippen LogP contribution in [-0.2, 0) is 24.5 Å². The highest BCUT2D eigenvalue weighted by atomic mass is 32.2. The number of hydrogen-bond acceptors (Lipinski definition) is 5. The molecule has 0 radical (unpaired) electrons.